The molecular weight excluding hydrogens is 456 g/mol. The summed E-state index contributed by atoms with van der Waals surface area (Å²) in [5, 5.41) is 1.17. The van der Waals surface area contributed by atoms with Crippen LogP contribution in [0.4, 0.5) is 0 Å². The molecule has 3 heterocycles. The van der Waals surface area contributed by atoms with Crippen molar-refractivity contribution in [3.63, 3.8) is 0 Å². The highest BCUT2D eigenvalue weighted by atomic mass is 32.2. The normalized spacial score (nSPS) is 20.3. The first-order valence-electron chi connectivity index (χ1n) is 11.5. The van der Waals surface area contributed by atoms with E-state index in [2.05, 4.69) is 34.9 Å². The van der Waals surface area contributed by atoms with Crippen LogP contribution in [0.25, 0.3) is 10.2 Å². The van der Waals surface area contributed by atoms with Gasteiger partial charge in [-0.2, -0.15) is 4.31 Å². The van der Waals surface area contributed by atoms with Crippen LogP contribution >= 0.6 is 11.3 Å². The summed E-state index contributed by atoms with van der Waals surface area (Å²) in [4.78, 5) is 10.1. The molecule has 7 nitrogen and oxygen atoms in total. The molecule has 2 aliphatic heterocycles. The van der Waals surface area contributed by atoms with Crippen molar-refractivity contribution in [1.82, 2.24) is 19.1 Å². The molecule has 1 aromatic heterocycles. The average molecular weight is 487 g/mol. The van der Waals surface area contributed by atoms with Crippen LogP contribution in [-0.4, -0.2) is 80.0 Å². The van der Waals surface area contributed by atoms with Crippen molar-refractivity contribution >= 4 is 31.6 Å². The van der Waals surface area contributed by atoms with Gasteiger partial charge >= 0.3 is 0 Å². The lowest BCUT2D eigenvalue weighted by Gasteiger charge is -2.37. The number of morpholine rings is 1. The quantitative estimate of drug-likeness (QED) is 0.533. The fourth-order valence-corrected chi connectivity index (χ4v) is 7.06. The lowest BCUT2D eigenvalue weighted by molar-refractivity contribution is 0.0730. The number of rotatable bonds is 6. The number of sulfonamides is 1. The van der Waals surface area contributed by atoms with Crippen LogP contribution in [0.5, 0.6) is 0 Å². The van der Waals surface area contributed by atoms with Gasteiger partial charge in [-0.1, -0.05) is 24.3 Å². The summed E-state index contributed by atoms with van der Waals surface area (Å²) in [6.07, 6.45) is 0. The van der Waals surface area contributed by atoms with Crippen LogP contribution in [0.15, 0.2) is 53.4 Å². The molecule has 3 aromatic rings. The summed E-state index contributed by atoms with van der Waals surface area (Å²) in [7, 11) is -3.47. The van der Waals surface area contributed by atoms with E-state index < -0.39 is 10.0 Å². The summed E-state index contributed by atoms with van der Waals surface area (Å²) in [6.45, 7) is 8.61. The van der Waals surface area contributed by atoms with Gasteiger partial charge in [0, 0.05) is 45.8 Å². The maximum Gasteiger partial charge on any atom is 0.243 e. The van der Waals surface area contributed by atoms with Crippen molar-refractivity contribution in [2.24, 2.45) is 0 Å². The Morgan fingerprint density at radius 3 is 2.52 bits per heavy atom. The third-order valence-electron chi connectivity index (χ3n) is 6.53. The summed E-state index contributed by atoms with van der Waals surface area (Å²) in [5.74, 6) is 0. The first-order chi connectivity index (χ1) is 16.0. The molecule has 1 atom stereocenters. The Morgan fingerprint density at radius 2 is 1.76 bits per heavy atom. The van der Waals surface area contributed by atoms with E-state index in [1.54, 1.807) is 17.4 Å². The Hall–Kier alpha value is -1.88. The summed E-state index contributed by atoms with van der Waals surface area (Å²) >= 11 is 1.78. The van der Waals surface area contributed by atoms with Gasteiger partial charge in [0.05, 0.1) is 34.4 Å². The van der Waals surface area contributed by atoms with Gasteiger partial charge in [-0.3, -0.25) is 9.80 Å². The van der Waals surface area contributed by atoms with Crippen molar-refractivity contribution in [1.29, 1.82) is 0 Å². The number of aromatic nitrogens is 1. The zero-order valence-electron chi connectivity index (χ0n) is 18.9. The summed E-state index contributed by atoms with van der Waals surface area (Å²) < 4.78 is 34.1. The molecule has 2 saturated heterocycles. The van der Waals surface area contributed by atoms with Gasteiger partial charge in [-0.15, -0.1) is 11.3 Å². The average Bonchev–Trinajstić information content (AvgIpc) is 3.29. The molecule has 5 rings (SSSR count). The van der Waals surface area contributed by atoms with Crippen molar-refractivity contribution in [3.05, 3.63) is 59.1 Å². The molecule has 2 aromatic carbocycles. The third-order valence-corrected chi connectivity index (χ3v) is 9.64. The number of piperazine rings is 1. The summed E-state index contributed by atoms with van der Waals surface area (Å²) in [5.41, 5.74) is 2.12. The third kappa shape index (κ3) is 4.99. The number of thiazole rings is 1. The van der Waals surface area contributed by atoms with E-state index in [0.29, 0.717) is 37.2 Å². The van der Waals surface area contributed by atoms with Gasteiger partial charge in [-0.25, -0.2) is 13.4 Å². The highest BCUT2D eigenvalue weighted by Gasteiger charge is 2.27. The maximum atomic E-state index is 13.0. The van der Waals surface area contributed by atoms with E-state index >= 15 is 0 Å². The molecule has 176 valence electrons. The highest BCUT2D eigenvalue weighted by molar-refractivity contribution is 7.89. The lowest BCUT2D eigenvalue weighted by atomic mass is 10.2. The van der Waals surface area contributed by atoms with E-state index in [0.717, 1.165) is 43.8 Å². The van der Waals surface area contributed by atoms with Gasteiger partial charge in [-0.05, 0) is 36.8 Å². The Bertz CT molecular complexity index is 1170. The van der Waals surface area contributed by atoms with Crippen molar-refractivity contribution in [3.8, 4) is 0 Å². The second kappa shape index (κ2) is 9.77. The molecular formula is C24H30N4O3S2. The Morgan fingerprint density at radius 1 is 1.00 bits per heavy atom. The van der Waals surface area contributed by atoms with E-state index in [4.69, 9.17) is 9.72 Å². The Kier molecular flexibility index (Phi) is 6.78. The second-order valence-electron chi connectivity index (χ2n) is 8.67. The van der Waals surface area contributed by atoms with E-state index in [9.17, 15) is 8.42 Å². The number of nitrogens with zero attached hydrogens (tertiary/aromatic N) is 4. The van der Waals surface area contributed by atoms with E-state index in [1.165, 1.54) is 14.0 Å². The zero-order chi connectivity index (χ0) is 22.8. The molecule has 0 saturated carbocycles. The molecule has 2 aliphatic rings. The summed E-state index contributed by atoms with van der Waals surface area (Å²) in [6, 6.07) is 16.0. The number of para-hydroxylation sites is 1. The van der Waals surface area contributed by atoms with Gasteiger partial charge < -0.3 is 4.74 Å². The Balaban J connectivity index is 1.20. The number of hydrogen-bond acceptors (Lipinski definition) is 7. The monoisotopic (exact) mass is 486 g/mol. The predicted octanol–water partition coefficient (Wildman–Crippen LogP) is 3.20. The molecule has 33 heavy (non-hydrogen) atoms. The van der Waals surface area contributed by atoms with Crippen molar-refractivity contribution in [2.75, 3.05) is 52.5 Å². The minimum Gasteiger partial charge on any atom is -0.379 e. The van der Waals surface area contributed by atoms with E-state index in [-0.39, 0.29) is 0 Å². The molecule has 0 radical (unpaired) electrons. The van der Waals surface area contributed by atoms with Crippen LogP contribution in [0, 0.1) is 0 Å². The van der Waals surface area contributed by atoms with Crippen LogP contribution < -0.4 is 0 Å². The fraction of sp³-hybridized carbons (Fsp3) is 0.458. The second-order valence-corrected chi connectivity index (χ2v) is 11.7. The molecule has 2 fully saturated rings. The van der Waals surface area contributed by atoms with Gasteiger partial charge in [0.2, 0.25) is 10.0 Å². The molecule has 0 bridgehead atoms. The van der Waals surface area contributed by atoms with Crippen LogP contribution in [-0.2, 0) is 21.3 Å². The Labute approximate surface area is 199 Å². The number of ether oxygens (including phenoxy) is 1. The molecule has 0 unspecified atom stereocenters. The largest absolute Gasteiger partial charge is 0.379 e. The van der Waals surface area contributed by atoms with Crippen molar-refractivity contribution in [2.45, 2.75) is 24.4 Å². The minimum absolute atomic E-state index is 0.298. The van der Waals surface area contributed by atoms with Gasteiger partial charge in [0.25, 0.3) is 0 Å². The molecule has 0 amide bonds. The van der Waals surface area contributed by atoms with Gasteiger partial charge in [0.15, 0.2) is 0 Å². The first kappa shape index (κ1) is 22.9. The van der Waals surface area contributed by atoms with Crippen LogP contribution in [0.3, 0.4) is 0 Å². The number of fused-ring (bicyclic) bond motifs is 1. The minimum atomic E-state index is -3.47. The standard InChI is InChI=1S/C24H30N4O3S2/c1-19(24-25-22-7-2-3-8-23(22)32-24)27-11-9-26(10-12-27)18-20-5-4-6-21(17-20)33(29,30)28-13-15-31-16-14-28/h2-8,17,19H,9-16,18H2,1H3/t19-/m0/s1. The smallest absolute Gasteiger partial charge is 0.243 e. The molecule has 0 aliphatic carbocycles. The first-order valence-corrected chi connectivity index (χ1v) is 13.7. The van der Waals surface area contributed by atoms with Crippen molar-refractivity contribution < 1.29 is 13.2 Å². The molecule has 0 spiro atoms. The highest BCUT2D eigenvalue weighted by Crippen LogP contribution is 2.30. The molecule has 9 heteroatoms. The lowest BCUT2D eigenvalue weighted by Crippen LogP contribution is -2.46. The van der Waals surface area contributed by atoms with Crippen LogP contribution in [0.1, 0.15) is 23.5 Å². The fourth-order valence-electron chi connectivity index (χ4n) is 4.53. The van der Waals surface area contributed by atoms with Gasteiger partial charge in [0.1, 0.15) is 5.01 Å². The van der Waals surface area contributed by atoms with Crippen LogP contribution in [0.2, 0.25) is 0 Å². The predicted molar refractivity (Wildman–Crippen MR) is 131 cm³/mol. The topological polar surface area (TPSA) is 66.0 Å². The zero-order valence-corrected chi connectivity index (χ0v) is 20.5. The SMILES string of the molecule is C[C@@H](c1nc2ccccc2s1)N1CCN(Cc2cccc(S(=O)(=O)N3CCOCC3)c2)CC1. The number of benzene rings is 2. The molecule has 0 N–H and O–H groups in total. The maximum absolute atomic E-state index is 13.0. The number of hydrogen-bond donors (Lipinski definition) is 0. The van der Waals surface area contributed by atoms with E-state index in [1.807, 2.05) is 24.3 Å².